The van der Waals surface area contributed by atoms with E-state index < -0.39 is 65.0 Å². The molecule has 1 aliphatic rings. The largest absolute Gasteiger partial charge is 0.471 e. The second-order valence-corrected chi connectivity index (χ2v) is 10.8. The van der Waals surface area contributed by atoms with Crippen LogP contribution < -0.4 is 10.6 Å². The Bertz CT molecular complexity index is 1330. The summed E-state index contributed by atoms with van der Waals surface area (Å²) in [6.07, 6.45) is -2.92. The van der Waals surface area contributed by atoms with Gasteiger partial charge in [-0.3, -0.25) is 19.4 Å². The number of amides is 3. The van der Waals surface area contributed by atoms with Gasteiger partial charge in [-0.1, -0.05) is 40.7 Å². The van der Waals surface area contributed by atoms with Crippen molar-refractivity contribution >= 4 is 28.5 Å². The van der Waals surface area contributed by atoms with Crippen molar-refractivity contribution in [2.45, 2.75) is 58.9 Å². The molecule has 0 aliphatic carbocycles. The second-order valence-electron chi connectivity index (χ2n) is 10.8. The Kier molecular flexibility index (Phi) is 8.19. The van der Waals surface area contributed by atoms with Crippen molar-refractivity contribution in [1.82, 2.24) is 20.5 Å². The maximum Gasteiger partial charge on any atom is 0.471 e. The van der Waals surface area contributed by atoms with E-state index in [1.54, 1.807) is 19.2 Å². The molecule has 1 fully saturated rings. The number of hydrogen-bond acceptors (Lipinski definition) is 5. The van der Waals surface area contributed by atoms with Crippen LogP contribution in [0, 0.1) is 40.2 Å². The van der Waals surface area contributed by atoms with Gasteiger partial charge in [-0.15, -0.1) is 0 Å². The van der Waals surface area contributed by atoms with E-state index in [4.69, 9.17) is 0 Å². The summed E-state index contributed by atoms with van der Waals surface area (Å²) in [6, 6.07) is -0.160. The lowest BCUT2D eigenvalue weighted by Gasteiger charge is -2.36. The van der Waals surface area contributed by atoms with Gasteiger partial charge >= 0.3 is 12.1 Å². The topological polar surface area (TPSA) is 115 Å². The van der Waals surface area contributed by atoms with E-state index in [0.29, 0.717) is 0 Å². The van der Waals surface area contributed by atoms with Gasteiger partial charge in [-0.25, -0.2) is 8.78 Å². The molecule has 0 radical (unpaired) electrons. The number of rotatable bonds is 5. The Morgan fingerprint density at radius 3 is 2.28 bits per heavy atom. The third kappa shape index (κ3) is 5.94. The lowest BCUT2D eigenvalue weighted by Crippen LogP contribution is -2.60. The Morgan fingerprint density at radius 2 is 1.72 bits per heavy atom. The molecule has 2 heterocycles. The van der Waals surface area contributed by atoms with Gasteiger partial charge < -0.3 is 15.5 Å². The van der Waals surface area contributed by atoms with Crippen molar-refractivity contribution < 1.29 is 36.3 Å². The minimum atomic E-state index is -5.22. The van der Waals surface area contributed by atoms with Gasteiger partial charge in [0.2, 0.25) is 11.8 Å². The number of aromatic nitrogens is 1. The molecule has 2 N–H and O–H groups in total. The summed E-state index contributed by atoms with van der Waals surface area (Å²) >= 11 is 0. The lowest BCUT2D eigenvalue weighted by molar-refractivity contribution is -0.176. The second kappa shape index (κ2) is 10.7. The predicted molar refractivity (Wildman–Crippen MR) is 129 cm³/mol. The van der Waals surface area contributed by atoms with Gasteiger partial charge in [0.15, 0.2) is 11.6 Å². The molecule has 3 rings (SSSR count). The molecule has 1 aliphatic heterocycles. The molecule has 4 unspecified atom stereocenters. The summed E-state index contributed by atoms with van der Waals surface area (Å²) in [5, 5.41) is 14.0. The maximum absolute atomic E-state index is 14.3. The van der Waals surface area contributed by atoms with E-state index >= 15 is 0 Å². The SMILES string of the molecule is CC1CN(C(=O)[C@@H](NC(=O)C(F)(F)F)C(C)(C)C)C(C(=O)NC(C#N)c2cncc3c(F)c(F)ccc23)C1C. The minimum absolute atomic E-state index is 0.0179. The molecule has 210 valence electrons. The fourth-order valence-electron chi connectivity index (χ4n) is 4.66. The zero-order valence-corrected chi connectivity index (χ0v) is 21.9. The summed E-state index contributed by atoms with van der Waals surface area (Å²) in [6.45, 7) is 7.89. The van der Waals surface area contributed by atoms with Crippen LogP contribution in [0.15, 0.2) is 24.5 Å². The number of fused-ring (bicyclic) bond motifs is 1. The van der Waals surface area contributed by atoms with Crippen LogP contribution in [-0.4, -0.2) is 52.4 Å². The van der Waals surface area contributed by atoms with Crippen LogP contribution in [0.3, 0.4) is 0 Å². The van der Waals surface area contributed by atoms with E-state index in [9.17, 15) is 41.6 Å². The Morgan fingerprint density at radius 1 is 1.08 bits per heavy atom. The van der Waals surface area contributed by atoms with Crippen LogP contribution in [0.4, 0.5) is 22.0 Å². The number of pyridine rings is 1. The molecule has 0 saturated carbocycles. The number of nitrogens with one attached hydrogen (secondary N) is 2. The van der Waals surface area contributed by atoms with Gasteiger partial charge in [0.25, 0.3) is 0 Å². The van der Waals surface area contributed by atoms with Crippen molar-refractivity contribution in [2.24, 2.45) is 17.3 Å². The number of carbonyl (C=O) groups is 3. The first kappa shape index (κ1) is 29.7. The molecule has 5 atom stereocenters. The zero-order valence-electron chi connectivity index (χ0n) is 21.9. The average Bonchev–Trinajstić information content (AvgIpc) is 3.15. The summed E-state index contributed by atoms with van der Waals surface area (Å²) in [4.78, 5) is 43.7. The number of halogens is 5. The van der Waals surface area contributed by atoms with Crippen LogP contribution in [0.1, 0.15) is 46.2 Å². The summed E-state index contributed by atoms with van der Waals surface area (Å²) < 4.78 is 67.0. The smallest absolute Gasteiger partial charge is 0.336 e. The number of likely N-dealkylation sites (tertiary alicyclic amines) is 1. The van der Waals surface area contributed by atoms with E-state index in [1.807, 2.05) is 6.07 Å². The van der Waals surface area contributed by atoms with Crippen LogP contribution in [-0.2, 0) is 14.4 Å². The van der Waals surface area contributed by atoms with Gasteiger partial charge in [0, 0.05) is 29.9 Å². The highest BCUT2D eigenvalue weighted by Gasteiger charge is 2.49. The van der Waals surface area contributed by atoms with Gasteiger partial charge in [-0.05, 0) is 28.7 Å². The standard InChI is InChI=1S/C26H28F5N5O3/c1-12-11-36(23(38)21(25(3,4)5)35-24(39)26(29,30)31)20(13(12)2)22(37)34-18(8-32)15-9-33-10-16-14(15)6-7-17(27)19(16)28/h6-7,9-10,12-13,18,20-21H,11H2,1-5H3,(H,34,37)(H,35,39)/t12?,13?,18?,20?,21-/m1/s1. The fraction of sp³-hybridized carbons (Fsp3) is 0.500. The highest BCUT2D eigenvalue weighted by molar-refractivity contribution is 5.95. The number of nitrogens with zero attached hydrogens (tertiary/aromatic N) is 3. The number of nitriles is 1. The molecular weight excluding hydrogens is 525 g/mol. The number of hydrogen-bond donors (Lipinski definition) is 2. The van der Waals surface area contributed by atoms with Gasteiger partial charge in [0.1, 0.15) is 18.1 Å². The van der Waals surface area contributed by atoms with Crippen LogP contribution in [0.2, 0.25) is 0 Å². The molecule has 0 spiro atoms. The van der Waals surface area contributed by atoms with Crippen molar-refractivity contribution in [1.29, 1.82) is 5.26 Å². The van der Waals surface area contributed by atoms with Crippen molar-refractivity contribution in [3.05, 3.63) is 41.7 Å². The monoisotopic (exact) mass is 553 g/mol. The lowest BCUT2D eigenvalue weighted by atomic mass is 9.85. The first-order valence-corrected chi connectivity index (χ1v) is 12.1. The molecule has 13 heteroatoms. The van der Waals surface area contributed by atoms with Crippen molar-refractivity contribution in [3.8, 4) is 6.07 Å². The van der Waals surface area contributed by atoms with Gasteiger partial charge in [-0.2, -0.15) is 18.4 Å². The summed E-state index contributed by atoms with van der Waals surface area (Å²) in [5.74, 6) is -6.95. The molecule has 8 nitrogen and oxygen atoms in total. The summed E-state index contributed by atoms with van der Waals surface area (Å²) in [5.41, 5.74) is -1.05. The maximum atomic E-state index is 14.3. The van der Waals surface area contributed by atoms with Crippen LogP contribution in [0.25, 0.3) is 10.8 Å². The number of alkyl halides is 3. The zero-order chi connectivity index (χ0) is 29.4. The van der Waals surface area contributed by atoms with E-state index in [-0.39, 0.29) is 28.8 Å². The average molecular weight is 554 g/mol. The molecule has 1 aromatic carbocycles. The Labute approximate surface area is 221 Å². The van der Waals surface area contributed by atoms with E-state index in [2.05, 4.69) is 10.3 Å². The predicted octanol–water partition coefficient (Wildman–Crippen LogP) is 3.77. The summed E-state index contributed by atoms with van der Waals surface area (Å²) in [7, 11) is 0. The first-order chi connectivity index (χ1) is 18.0. The van der Waals surface area contributed by atoms with Crippen LogP contribution >= 0.6 is 0 Å². The Balaban J connectivity index is 1.94. The first-order valence-electron chi connectivity index (χ1n) is 12.1. The highest BCUT2D eigenvalue weighted by atomic mass is 19.4. The number of benzene rings is 1. The van der Waals surface area contributed by atoms with Crippen LogP contribution in [0.5, 0.6) is 0 Å². The molecule has 39 heavy (non-hydrogen) atoms. The van der Waals surface area contributed by atoms with Crippen molar-refractivity contribution in [3.63, 3.8) is 0 Å². The van der Waals surface area contributed by atoms with E-state index in [0.717, 1.165) is 17.2 Å². The molecule has 2 aromatic rings. The highest BCUT2D eigenvalue weighted by Crippen LogP contribution is 2.34. The molecule has 3 amide bonds. The third-order valence-electron chi connectivity index (χ3n) is 7.00. The number of carbonyl (C=O) groups excluding carboxylic acids is 3. The molecule has 0 bridgehead atoms. The Hall–Kier alpha value is -3.82. The van der Waals surface area contributed by atoms with E-state index in [1.165, 1.54) is 33.0 Å². The van der Waals surface area contributed by atoms with Crippen molar-refractivity contribution in [2.75, 3.05) is 6.54 Å². The third-order valence-corrected chi connectivity index (χ3v) is 7.00. The fourth-order valence-corrected chi connectivity index (χ4v) is 4.66. The quantitative estimate of drug-likeness (QED) is 0.547. The minimum Gasteiger partial charge on any atom is -0.336 e. The molecular formula is C26H28F5N5O3. The normalized spacial score (nSPS) is 21.3. The molecule has 1 saturated heterocycles. The van der Waals surface area contributed by atoms with Gasteiger partial charge in [0.05, 0.1) is 6.07 Å². The molecule has 1 aromatic heterocycles.